The third-order valence-electron chi connectivity index (χ3n) is 4.78. The molecule has 0 saturated carbocycles. The molecule has 2 aromatic heterocycles. The zero-order valence-electron chi connectivity index (χ0n) is 17.1. The highest BCUT2D eigenvalue weighted by Crippen LogP contribution is 2.18. The molecule has 0 aliphatic carbocycles. The van der Waals surface area contributed by atoms with Crippen molar-refractivity contribution in [2.45, 2.75) is 19.1 Å². The van der Waals surface area contributed by atoms with Crippen molar-refractivity contribution < 1.29 is 27.4 Å². The number of aromatic nitrogens is 2. The van der Waals surface area contributed by atoms with E-state index in [2.05, 4.69) is 19.6 Å². The number of ether oxygens (including phenoxy) is 2. The van der Waals surface area contributed by atoms with Gasteiger partial charge in [-0.3, -0.25) is 14.7 Å². The number of rotatable bonds is 9. The van der Waals surface area contributed by atoms with Crippen LogP contribution < -0.4 is 4.74 Å². The third-order valence-corrected chi connectivity index (χ3v) is 4.78. The summed E-state index contributed by atoms with van der Waals surface area (Å²) in [6, 6.07) is 6.39. The molecule has 2 aromatic rings. The number of hydrogen-bond donors (Lipinski definition) is 0. The van der Waals surface area contributed by atoms with E-state index in [0.717, 1.165) is 31.6 Å². The summed E-state index contributed by atoms with van der Waals surface area (Å²) in [5.41, 5.74) is 1.23. The van der Waals surface area contributed by atoms with Gasteiger partial charge in [-0.25, -0.2) is 4.98 Å². The van der Waals surface area contributed by atoms with Gasteiger partial charge in [-0.15, -0.1) is 0 Å². The van der Waals surface area contributed by atoms with Crippen LogP contribution in [0.5, 0.6) is 5.88 Å². The predicted octanol–water partition coefficient (Wildman–Crippen LogP) is 2.78. The van der Waals surface area contributed by atoms with Crippen LogP contribution in [0.15, 0.2) is 42.9 Å². The molecule has 0 N–H and O–H groups in total. The largest absolute Gasteiger partial charge is 0.468 e. The van der Waals surface area contributed by atoms with Gasteiger partial charge < -0.3 is 14.4 Å². The maximum atomic E-state index is 13.1. The van der Waals surface area contributed by atoms with E-state index < -0.39 is 12.8 Å². The van der Waals surface area contributed by atoms with Crippen LogP contribution in [-0.4, -0.2) is 77.9 Å². The molecule has 1 amide bonds. The van der Waals surface area contributed by atoms with Crippen molar-refractivity contribution in [1.29, 1.82) is 0 Å². The Morgan fingerprint density at radius 3 is 2.55 bits per heavy atom. The Kier molecular flexibility index (Phi) is 8.19. The standard InChI is InChI=1S/C21H25F3N4O3/c22-21(23,24)16-31-19-3-2-18(14-26-19)20(29)28(15-17-4-6-25-7-5-17)9-1-8-27-10-12-30-13-11-27/h2-7,14H,1,8-13,15-16H2. The normalized spacial score (nSPS) is 14.9. The first-order valence-corrected chi connectivity index (χ1v) is 10.0. The van der Waals surface area contributed by atoms with E-state index in [1.54, 1.807) is 17.3 Å². The van der Waals surface area contributed by atoms with Gasteiger partial charge in [0.1, 0.15) is 0 Å². The van der Waals surface area contributed by atoms with Crippen LogP contribution in [0.4, 0.5) is 13.2 Å². The Morgan fingerprint density at radius 1 is 1.16 bits per heavy atom. The smallest absolute Gasteiger partial charge is 0.422 e. The first-order chi connectivity index (χ1) is 14.9. The van der Waals surface area contributed by atoms with Gasteiger partial charge >= 0.3 is 6.18 Å². The topological polar surface area (TPSA) is 67.8 Å². The number of alkyl halides is 3. The summed E-state index contributed by atoms with van der Waals surface area (Å²) in [7, 11) is 0. The number of pyridine rings is 2. The van der Waals surface area contributed by atoms with E-state index in [4.69, 9.17) is 4.74 Å². The van der Waals surface area contributed by atoms with Crippen molar-refractivity contribution in [2.75, 3.05) is 46.0 Å². The Hall–Kier alpha value is -2.72. The number of hydrogen-bond acceptors (Lipinski definition) is 6. The van der Waals surface area contributed by atoms with E-state index in [-0.39, 0.29) is 11.8 Å². The predicted molar refractivity (Wildman–Crippen MR) is 107 cm³/mol. The van der Waals surface area contributed by atoms with Gasteiger partial charge in [-0.1, -0.05) is 0 Å². The molecule has 1 aliphatic heterocycles. The molecule has 0 spiro atoms. The second-order valence-electron chi connectivity index (χ2n) is 7.18. The summed E-state index contributed by atoms with van der Waals surface area (Å²) in [5.74, 6) is -0.421. The summed E-state index contributed by atoms with van der Waals surface area (Å²) in [5, 5.41) is 0. The first kappa shape index (κ1) is 23.0. The molecule has 0 radical (unpaired) electrons. The highest BCUT2D eigenvalue weighted by atomic mass is 19.4. The Balaban J connectivity index is 1.63. The van der Waals surface area contributed by atoms with Gasteiger partial charge in [-0.2, -0.15) is 13.2 Å². The molecule has 168 valence electrons. The van der Waals surface area contributed by atoms with Gasteiger partial charge in [0.05, 0.1) is 18.8 Å². The highest BCUT2D eigenvalue weighted by molar-refractivity contribution is 5.93. The molecule has 3 heterocycles. The maximum Gasteiger partial charge on any atom is 0.422 e. The van der Waals surface area contributed by atoms with Crippen molar-refractivity contribution in [3.63, 3.8) is 0 Å². The second kappa shape index (κ2) is 11.1. The fourth-order valence-corrected chi connectivity index (χ4v) is 3.20. The van der Waals surface area contributed by atoms with Crippen LogP contribution in [0.1, 0.15) is 22.3 Å². The summed E-state index contributed by atoms with van der Waals surface area (Å²) in [4.78, 5) is 24.9. The molecule has 7 nitrogen and oxygen atoms in total. The highest BCUT2D eigenvalue weighted by Gasteiger charge is 2.28. The number of halogens is 3. The monoisotopic (exact) mass is 438 g/mol. The van der Waals surface area contributed by atoms with E-state index >= 15 is 0 Å². The molecule has 10 heteroatoms. The van der Waals surface area contributed by atoms with Gasteiger partial charge in [0.15, 0.2) is 6.61 Å². The number of amides is 1. The molecule has 0 atom stereocenters. The summed E-state index contributed by atoms with van der Waals surface area (Å²) < 4.78 is 46.8. The average molecular weight is 438 g/mol. The molecular weight excluding hydrogens is 413 g/mol. The third kappa shape index (κ3) is 7.80. The summed E-state index contributed by atoms with van der Waals surface area (Å²) >= 11 is 0. The lowest BCUT2D eigenvalue weighted by molar-refractivity contribution is -0.154. The molecule has 0 aromatic carbocycles. The summed E-state index contributed by atoms with van der Waals surface area (Å²) in [6.45, 7) is 3.54. The average Bonchev–Trinajstić information content (AvgIpc) is 2.78. The van der Waals surface area contributed by atoms with E-state index in [9.17, 15) is 18.0 Å². The molecule has 1 saturated heterocycles. The number of carbonyl (C=O) groups is 1. The lowest BCUT2D eigenvalue weighted by atomic mass is 10.2. The minimum atomic E-state index is -4.45. The Bertz CT molecular complexity index is 813. The number of carbonyl (C=O) groups excluding carboxylic acids is 1. The zero-order chi connectivity index (χ0) is 22.1. The molecule has 3 rings (SSSR count). The van der Waals surface area contributed by atoms with Crippen LogP contribution in [-0.2, 0) is 11.3 Å². The lowest BCUT2D eigenvalue weighted by Gasteiger charge is -2.28. The van der Waals surface area contributed by atoms with Crippen LogP contribution >= 0.6 is 0 Å². The van der Waals surface area contributed by atoms with Crippen LogP contribution in [0, 0.1) is 0 Å². The minimum Gasteiger partial charge on any atom is -0.468 e. The number of nitrogens with zero attached hydrogens (tertiary/aromatic N) is 4. The minimum absolute atomic E-state index is 0.179. The number of morpholine rings is 1. The Morgan fingerprint density at radius 2 is 1.90 bits per heavy atom. The van der Waals surface area contributed by atoms with Gasteiger partial charge in [-0.05, 0) is 30.2 Å². The fraction of sp³-hybridized carbons (Fsp3) is 0.476. The van der Waals surface area contributed by atoms with Crippen LogP contribution in [0.25, 0.3) is 0 Å². The quantitative estimate of drug-likeness (QED) is 0.600. The zero-order valence-corrected chi connectivity index (χ0v) is 17.1. The van der Waals surface area contributed by atoms with Crippen LogP contribution in [0.2, 0.25) is 0 Å². The molecular formula is C21H25F3N4O3. The Labute approximate surface area is 178 Å². The lowest BCUT2D eigenvalue weighted by Crippen LogP contribution is -2.39. The molecule has 1 aliphatic rings. The van der Waals surface area contributed by atoms with E-state index in [0.29, 0.717) is 31.9 Å². The second-order valence-corrected chi connectivity index (χ2v) is 7.18. The first-order valence-electron chi connectivity index (χ1n) is 10.0. The molecule has 1 fully saturated rings. The van der Waals surface area contributed by atoms with Gasteiger partial charge in [0, 0.05) is 57.4 Å². The van der Waals surface area contributed by atoms with Crippen molar-refractivity contribution in [3.05, 3.63) is 54.0 Å². The van der Waals surface area contributed by atoms with Crippen LogP contribution in [0.3, 0.4) is 0 Å². The molecule has 31 heavy (non-hydrogen) atoms. The maximum absolute atomic E-state index is 13.1. The molecule has 0 bridgehead atoms. The molecule has 0 unspecified atom stereocenters. The van der Waals surface area contributed by atoms with E-state index in [1.807, 2.05) is 12.1 Å². The van der Waals surface area contributed by atoms with Crippen molar-refractivity contribution in [2.24, 2.45) is 0 Å². The van der Waals surface area contributed by atoms with E-state index in [1.165, 1.54) is 18.3 Å². The van der Waals surface area contributed by atoms with Crippen molar-refractivity contribution in [1.82, 2.24) is 19.8 Å². The van der Waals surface area contributed by atoms with Crippen molar-refractivity contribution >= 4 is 5.91 Å². The van der Waals surface area contributed by atoms with Gasteiger partial charge in [0.25, 0.3) is 5.91 Å². The van der Waals surface area contributed by atoms with Gasteiger partial charge in [0.2, 0.25) is 5.88 Å². The SMILES string of the molecule is O=C(c1ccc(OCC(F)(F)F)nc1)N(CCCN1CCOCC1)Cc1ccncc1. The summed E-state index contributed by atoms with van der Waals surface area (Å²) in [6.07, 6.45) is 0.921. The van der Waals surface area contributed by atoms with Crippen molar-refractivity contribution in [3.8, 4) is 5.88 Å². The fourth-order valence-electron chi connectivity index (χ4n) is 3.20.